The Morgan fingerprint density at radius 3 is 1.96 bits per heavy atom. The van der Waals surface area contributed by atoms with Crippen molar-refractivity contribution in [2.24, 2.45) is 0 Å². The summed E-state index contributed by atoms with van der Waals surface area (Å²) in [6.45, 7) is 5.98. The maximum atomic E-state index is 11.3. The maximum absolute atomic E-state index is 11.3. The largest absolute Gasteiger partial charge is 0.478 e. The van der Waals surface area contributed by atoms with Crippen LogP contribution in [0.5, 0.6) is 0 Å². The van der Waals surface area contributed by atoms with Crippen LogP contribution in [0.25, 0.3) is 16.8 Å². The molecule has 23 heavy (non-hydrogen) atoms. The van der Waals surface area contributed by atoms with Crippen molar-refractivity contribution >= 4 is 5.97 Å². The lowest BCUT2D eigenvalue weighted by atomic mass is 9.99. The zero-order valence-corrected chi connectivity index (χ0v) is 13.5. The molecule has 1 aromatic heterocycles. The molecule has 0 aliphatic heterocycles. The first-order chi connectivity index (χ1) is 11.0. The second kappa shape index (κ2) is 5.76. The van der Waals surface area contributed by atoms with Gasteiger partial charge in [-0.15, -0.1) is 0 Å². The third-order valence-electron chi connectivity index (χ3n) is 4.20. The Labute approximate surface area is 135 Å². The molecule has 3 aromatic rings. The van der Waals surface area contributed by atoms with E-state index in [1.54, 1.807) is 6.07 Å². The minimum Gasteiger partial charge on any atom is -0.478 e. The number of carboxylic acids is 1. The quantitative estimate of drug-likeness (QED) is 0.757. The lowest BCUT2D eigenvalue weighted by Crippen LogP contribution is -2.00. The van der Waals surface area contributed by atoms with Crippen LogP contribution in [-0.4, -0.2) is 15.6 Å². The highest BCUT2D eigenvalue weighted by molar-refractivity contribution is 5.91. The van der Waals surface area contributed by atoms with Gasteiger partial charge >= 0.3 is 5.97 Å². The van der Waals surface area contributed by atoms with Gasteiger partial charge in [0.1, 0.15) is 0 Å². The highest BCUT2D eigenvalue weighted by atomic mass is 16.4. The summed E-state index contributed by atoms with van der Waals surface area (Å²) in [5, 5.41) is 9.26. The van der Waals surface area contributed by atoms with Crippen LogP contribution in [0.15, 0.2) is 54.6 Å². The minimum absolute atomic E-state index is 0.351. The Bertz CT molecular complexity index is 854. The SMILES string of the molecule is Cc1ccc(-c2ccc(-n3c(C)ccc3C)cc2)cc1C(=O)O. The number of carbonyl (C=O) groups is 1. The van der Waals surface area contributed by atoms with Crippen LogP contribution >= 0.6 is 0 Å². The van der Waals surface area contributed by atoms with Gasteiger partial charge in [-0.3, -0.25) is 0 Å². The zero-order valence-electron chi connectivity index (χ0n) is 13.5. The molecule has 1 N–H and O–H groups in total. The van der Waals surface area contributed by atoms with Crippen molar-refractivity contribution in [3.8, 4) is 16.8 Å². The molecule has 2 aromatic carbocycles. The summed E-state index contributed by atoms with van der Waals surface area (Å²) in [7, 11) is 0. The average Bonchev–Trinajstić information content (AvgIpc) is 2.87. The second-order valence-corrected chi connectivity index (χ2v) is 5.83. The molecule has 0 radical (unpaired) electrons. The average molecular weight is 305 g/mol. The van der Waals surface area contributed by atoms with Gasteiger partial charge in [-0.05, 0) is 67.8 Å². The predicted octanol–water partition coefficient (Wildman–Crippen LogP) is 4.77. The summed E-state index contributed by atoms with van der Waals surface area (Å²) in [6, 6.07) is 17.9. The third-order valence-corrected chi connectivity index (χ3v) is 4.20. The molecule has 116 valence electrons. The molecule has 0 unspecified atom stereocenters. The van der Waals surface area contributed by atoms with Crippen molar-refractivity contribution < 1.29 is 9.90 Å². The van der Waals surface area contributed by atoms with Crippen LogP contribution < -0.4 is 0 Å². The molecule has 0 saturated heterocycles. The van der Waals surface area contributed by atoms with E-state index in [1.807, 2.05) is 31.2 Å². The lowest BCUT2D eigenvalue weighted by Gasteiger charge is -2.11. The Morgan fingerprint density at radius 1 is 0.826 bits per heavy atom. The van der Waals surface area contributed by atoms with Crippen molar-refractivity contribution in [3.63, 3.8) is 0 Å². The van der Waals surface area contributed by atoms with Crippen molar-refractivity contribution in [1.29, 1.82) is 0 Å². The van der Waals surface area contributed by atoms with Gasteiger partial charge in [0, 0.05) is 17.1 Å². The highest BCUT2D eigenvalue weighted by Gasteiger charge is 2.09. The van der Waals surface area contributed by atoms with E-state index in [1.165, 1.54) is 11.4 Å². The molecule has 0 aliphatic rings. The molecule has 0 spiro atoms. The van der Waals surface area contributed by atoms with Crippen LogP contribution in [0.2, 0.25) is 0 Å². The molecular weight excluding hydrogens is 286 g/mol. The number of aryl methyl sites for hydroxylation is 3. The molecule has 0 saturated carbocycles. The molecule has 0 aliphatic carbocycles. The Balaban J connectivity index is 2.00. The fraction of sp³-hybridized carbons (Fsp3) is 0.150. The van der Waals surface area contributed by atoms with Crippen molar-refractivity contribution in [2.75, 3.05) is 0 Å². The molecule has 1 heterocycles. The third kappa shape index (κ3) is 2.78. The van der Waals surface area contributed by atoms with Gasteiger partial charge in [-0.2, -0.15) is 0 Å². The topological polar surface area (TPSA) is 42.2 Å². The van der Waals surface area contributed by atoms with E-state index in [-0.39, 0.29) is 0 Å². The molecular formula is C20H19NO2. The van der Waals surface area contributed by atoms with Crippen LogP contribution in [0, 0.1) is 20.8 Å². The summed E-state index contributed by atoms with van der Waals surface area (Å²) in [5.41, 5.74) is 6.55. The first kappa shape index (κ1) is 15.1. The zero-order chi connectivity index (χ0) is 16.6. The lowest BCUT2D eigenvalue weighted by molar-refractivity contribution is 0.0696. The van der Waals surface area contributed by atoms with E-state index in [9.17, 15) is 9.90 Å². The van der Waals surface area contributed by atoms with Crippen LogP contribution in [0.4, 0.5) is 0 Å². The van der Waals surface area contributed by atoms with Gasteiger partial charge in [0.15, 0.2) is 0 Å². The molecule has 0 fully saturated rings. The summed E-state index contributed by atoms with van der Waals surface area (Å²) in [5.74, 6) is -0.889. The van der Waals surface area contributed by atoms with Crippen molar-refractivity contribution in [3.05, 3.63) is 77.1 Å². The number of aromatic carboxylic acids is 1. The Hall–Kier alpha value is -2.81. The molecule has 3 rings (SSSR count). The van der Waals surface area contributed by atoms with Crippen LogP contribution in [0.1, 0.15) is 27.3 Å². The first-order valence-corrected chi connectivity index (χ1v) is 7.57. The van der Waals surface area contributed by atoms with Crippen molar-refractivity contribution in [2.45, 2.75) is 20.8 Å². The van der Waals surface area contributed by atoms with Gasteiger partial charge in [-0.1, -0.05) is 24.3 Å². The summed E-state index contributed by atoms with van der Waals surface area (Å²) < 4.78 is 2.20. The fourth-order valence-electron chi connectivity index (χ4n) is 2.91. The van der Waals surface area contributed by atoms with Crippen LogP contribution in [-0.2, 0) is 0 Å². The van der Waals surface area contributed by atoms with Crippen molar-refractivity contribution in [1.82, 2.24) is 4.57 Å². The van der Waals surface area contributed by atoms with E-state index in [0.717, 1.165) is 22.4 Å². The molecule has 0 atom stereocenters. The van der Waals surface area contributed by atoms with Gasteiger partial charge in [-0.25, -0.2) is 4.79 Å². The summed E-state index contributed by atoms with van der Waals surface area (Å²) >= 11 is 0. The number of aromatic nitrogens is 1. The molecule has 3 heteroatoms. The first-order valence-electron chi connectivity index (χ1n) is 7.57. The molecule has 3 nitrogen and oxygen atoms in total. The standard InChI is InChI=1S/C20H19NO2/c1-13-4-7-17(12-19(13)20(22)23)16-8-10-18(11-9-16)21-14(2)5-6-15(21)3/h4-12H,1-3H3,(H,22,23). The molecule has 0 bridgehead atoms. The van der Waals surface area contributed by atoms with E-state index < -0.39 is 5.97 Å². The summed E-state index contributed by atoms with van der Waals surface area (Å²) in [6.07, 6.45) is 0. The van der Waals surface area contributed by atoms with E-state index in [2.05, 4.69) is 42.7 Å². The highest BCUT2D eigenvalue weighted by Crippen LogP contribution is 2.25. The number of carboxylic acid groups (broad SMARTS) is 1. The maximum Gasteiger partial charge on any atom is 0.335 e. The number of rotatable bonds is 3. The van der Waals surface area contributed by atoms with Gasteiger partial charge in [0.05, 0.1) is 5.56 Å². The molecule has 0 amide bonds. The normalized spacial score (nSPS) is 10.7. The number of hydrogen-bond donors (Lipinski definition) is 1. The smallest absolute Gasteiger partial charge is 0.335 e. The number of hydrogen-bond acceptors (Lipinski definition) is 1. The van der Waals surface area contributed by atoms with E-state index >= 15 is 0 Å². The van der Waals surface area contributed by atoms with Gasteiger partial charge in [0.2, 0.25) is 0 Å². The second-order valence-electron chi connectivity index (χ2n) is 5.83. The van der Waals surface area contributed by atoms with E-state index in [0.29, 0.717) is 5.56 Å². The monoisotopic (exact) mass is 305 g/mol. The van der Waals surface area contributed by atoms with Gasteiger partial charge < -0.3 is 9.67 Å². The fourth-order valence-corrected chi connectivity index (χ4v) is 2.91. The summed E-state index contributed by atoms with van der Waals surface area (Å²) in [4.78, 5) is 11.3. The number of benzene rings is 2. The van der Waals surface area contributed by atoms with Gasteiger partial charge in [0.25, 0.3) is 0 Å². The minimum atomic E-state index is -0.889. The van der Waals surface area contributed by atoms with Crippen LogP contribution in [0.3, 0.4) is 0 Å². The Kier molecular flexibility index (Phi) is 3.78. The number of nitrogens with zero attached hydrogens (tertiary/aromatic N) is 1. The predicted molar refractivity (Wildman–Crippen MR) is 92.4 cm³/mol. The Morgan fingerprint density at radius 2 is 1.39 bits per heavy atom. The van der Waals surface area contributed by atoms with E-state index in [4.69, 9.17) is 0 Å².